The van der Waals surface area contributed by atoms with Crippen molar-refractivity contribution >= 4 is 23.4 Å². The Morgan fingerprint density at radius 3 is 2.90 bits per heavy atom. The van der Waals surface area contributed by atoms with E-state index in [4.69, 9.17) is 0 Å². The molecule has 21 heavy (non-hydrogen) atoms. The van der Waals surface area contributed by atoms with Crippen molar-refractivity contribution in [1.29, 1.82) is 0 Å². The van der Waals surface area contributed by atoms with Crippen molar-refractivity contribution in [3.8, 4) is 0 Å². The molecule has 2 aromatic rings. The quantitative estimate of drug-likeness (QED) is 0.863. The Morgan fingerprint density at radius 2 is 2.19 bits per heavy atom. The number of rotatable bonds is 5. The fraction of sp³-hybridized carbons (Fsp3) is 0.400. The summed E-state index contributed by atoms with van der Waals surface area (Å²) in [4.78, 5) is 12.3. The second-order valence-electron chi connectivity index (χ2n) is 4.97. The predicted octanol–water partition coefficient (Wildman–Crippen LogP) is 3.03. The van der Waals surface area contributed by atoms with Crippen LogP contribution in [-0.2, 0) is 11.3 Å². The zero-order valence-corrected chi connectivity index (χ0v) is 13.6. The maximum atomic E-state index is 12.3. The molecule has 0 aliphatic rings. The van der Waals surface area contributed by atoms with E-state index in [1.807, 2.05) is 50.5 Å². The van der Waals surface area contributed by atoms with Crippen LogP contribution < -0.4 is 5.32 Å². The zero-order chi connectivity index (χ0) is 15.4. The van der Waals surface area contributed by atoms with Crippen LogP contribution in [0.3, 0.4) is 0 Å². The van der Waals surface area contributed by atoms with Crippen molar-refractivity contribution < 1.29 is 4.79 Å². The van der Waals surface area contributed by atoms with Gasteiger partial charge in [-0.25, -0.2) is 0 Å². The smallest absolute Gasteiger partial charge is 0.237 e. The van der Waals surface area contributed by atoms with Crippen LogP contribution in [0, 0.1) is 13.8 Å². The molecule has 0 aliphatic carbocycles. The van der Waals surface area contributed by atoms with Crippen LogP contribution in [0.1, 0.15) is 25.0 Å². The summed E-state index contributed by atoms with van der Waals surface area (Å²) in [5.74, 6) is -0.0284. The molecule has 1 amide bonds. The van der Waals surface area contributed by atoms with Crippen LogP contribution in [0.4, 0.5) is 5.69 Å². The molecule has 112 valence electrons. The molecular weight excluding hydrogens is 284 g/mol. The number of aromatic nitrogens is 3. The van der Waals surface area contributed by atoms with Crippen molar-refractivity contribution in [2.75, 3.05) is 5.32 Å². The maximum absolute atomic E-state index is 12.3. The van der Waals surface area contributed by atoms with Crippen molar-refractivity contribution in [3.05, 3.63) is 35.7 Å². The maximum Gasteiger partial charge on any atom is 0.237 e. The number of thioether (sulfide) groups is 1. The number of amides is 1. The molecule has 0 unspecified atom stereocenters. The zero-order valence-electron chi connectivity index (χ0n) is 12.8. The Balaban J connectivity index is 2.04. The number of benzene rings is 1. The fourth-order valence-electron chi connectivity index (χ4n) is 1.87. The molecule has 6 heteroatoms. The highest BCUT2D eigenvalue weighted by Crippen LogP contribution is 2.23. The van der Waals surface area contributed by atoms with Gasteiger partial charge in [-0.2, -0.15) is 0 Å². The molecule has 0 aliphatic heterocycles. The molecule has 0 fully saturated rings. The van der Waals surface area contributed by atoms with Gasteiger partial charge in [0.25, 0.3) is 0 Å². The van der Waals surface area contributed by atoms with Crippen molar-refractivity contribution in [3.63, 3.8) is 0 Å². The van der Waals surface area contributed by atoms with Crippen molar-refractivity contribution in [2.24, 2.45) is 0 Å². The van der Waals surface area contributed by atoms with Crippen LogP contribution in [-0.4, -0.2) is 25.9 Å². The lowest BCUT2D eigenvalue weighted by atomic mass is 10.1. The van der Waals surface area contributed by atoms with Gasteiger partial charge in [0, 0.05) is 12.2 Å². The summed E-state index contributed by atoms with van der Waals surface area (Å²) in [6.45, 7) is 8.69. The Hall–Kier alpha value is -1.82. The average Bonchev–Trinajstić information content (AvgIpc) is 2.90. The SMILES string of the molecule is CCn1cnnc1S[C@H](C)C(=O)Nc1cc(C)ccc1C. The lowest BCUT2D eigenvalue weighted by Gasteiger charge is -2.13. The van der Waals surface area contributed by atoms with Crippen molar-refractivity contribution in [2.45, 2.75) is 44.6 Å². The van der Waals surface area contributed by atoms with Crippen LogP contribution in [0.25, 0.3) is 0 Å². The molecule has 1 aromatic heterocycles. The topological polar surface area (TPSA) is 59.8 Å². The number of anilines is 1. The lowest BCUT2D eigenvalue weighted by molar-refractivity contribution is -0.115. The first-order valence-corrected chi connectivity index (χ1v) is 7.81. The second-order valence-corrected chi connectivity index (χ2v) is 6.28. The molecule has 5 nitrogen and oxygen atoms in total. The number of aryl methyl sites for hydroxylation is 3. The summed E-state index contributed by atoms with van der Waals surface area (Å²) >= 11 is 1.42. The predicted molar refractivity (Wildman–Crippen MR) is 85.6 cm³/mol. The Bertz CT molecular complexity index is 638. The number of hydrogen-bond acceptors (Lipinski definition) is 4. The molecule has 1 atom stereocenters. The van der Waals surface area contributed by atoms with Gasteiger partial charge in [-0.15, -0.1) is 10.2 Å². The summed E-state index contributed by atoms with van der Waals surface area (Å²) in [5, 5.41) is 11.4. The van der Waals surface area contributed by atoms with Crippen LogP contribution >= 0.6 is 11.8 Å². The van der Waals surface area contributed by atoms with Crippen LogP contribution in [0.15, 0.2) is 29.7 Å². The number of carbonyl (C=O) groups excluding carboxylic acids is 1. The van der Waals surface area contributed by atoms with E-state index in [0.29, 0.717) is 0 Å². The van der Waals surface area contributed by atoms with Crippen molar-refractivity contribution in [1.82, 2.24) is 14.8 Å². The van der Waals surface area contributed by atoms with E-state index in [1.165, 1.54) is 11.8 Å². The highest BCUT2D eigenvalue weighted by molar-refractivity contribution is 8.00. The van der Waals surface area contributed by atoms with E-state index in [0.717, 1.165) is 28.5 Å². The molecule has 0 radical (unpaired) electrons. The van der Waals surface area contributed by atoms with E-state index in [1.54, 1.807) is 6.33 Å². The largest absolute Gasteiger partial charge is 0.325 e. The average molecular weight is 304 g/mol. The Morgan fingerprint density at radius 1 is 1.43 bits per heavy atom. The van der Waals surface area contributed by atoms with Gasteiger partial charge in [-0.05, 0) is 44.9 Å². The van der Waals surface area contributed by atoms with Crippen LogP contribution in [0.2, 0.25) is 0 Å². The van der Waals surface area contributed by atoms with E-state index >= 15 is 0 Å². The number of nitrogens with one attached hydrogen (secondary N) is 1. The fourth-order valence-corrected chi connectivity index (χ4v) is 2.76. The van der Waals surface area contributed by atoms with Gasteiger partial charge in [0.05, 0.1) is 5.25 Å². The Labute approximate surface area is 129 Å². The second kappa shape index (κ2) is 6.76. The van der Waals surface area contributed by atoms with Gasteiger partial charge in [-0.3, -0.25) is 4.79 Å². The van der Waals surface area contributed by atoms with Gasteiger partial charge in [0.1, 0.15) is 6.33 Å². The molecular formula is C15H20N4OS. The van der Waals surface area contributed by atoms with Gasteiger partial charge >= 0.3 is 0 Å². The first-order valence-electron chi connectivity index (χ1n) is 6.93. The molecule has 0 spiro atoms. The third-order valence-electron chi connectivity index (χ3n) is 3.22. The number of hydrogen-bond donors (Lipinski definition) is 1. The highest BCUT2D eigenvalue weighted by Gasteiger charge is 2.18. The highest BCUT2D eigenvalue weighted by atomic mass is 32.2. The molecule has 1 aromatic carbocycles. The number of carbonyl (C=O) groups is 1. The standard InChI is InChI=1S/C15H20N4OS/c1-5-19-9-16-18-15(19)21-12(4)14(20)17-13-8-10(2)6-7-11(13)3/h6-9,12H,5H2,1-4H3,(H,17,20)/t12-/m1/s1. The molecule has 0 saturated carbocycles. The molecule has 0 bridgehead atoms. The minimum absolute atomic E-state index is 0.0284. The van der Waals surface area contributed by atoms with Gasteiger partial charge in [-0.1, -0.05) is 23.9 Å². The van der Waals surface area contributed by atoms with E-state index in [9.17, 15) is 4.79 Å². The lowest BCUT2D eigenvalue weighted by Crippen LogP contribution is -2.23. The normalized spacial score (nSPS) is 12.2. The van der Waals surface area contributed by atoms with Crippen LogP contribution in [0.5, 0.6) is 0 Å². The Kier molecular flexibility index (Phi) is 5.01. The summed E-state index contributed by atoms with van der Waals surface area (Å²) in [5.41, 5.74) is 3.05. The first kappa shape index (κ1) is 15.6. The first-order chi connectivity index (χ1) is 10.0. The van der Waals surface area contributed by atoms with E-state index < -0.39 is 0 Å². The van der Waals surface area contributed by atoms with Gasteiger partial charge in [0.15, 0.2) is 5.16 Å². The monoisotopic (exact) mass is 304 g/mol. The minimum Gasteiger partial charge on any atom is -0.325 e. The minimum atomic E-state index is -0.237. The summed E-state index contributed by atoms with van der Waals surface area (Å²) < 4.78 is 1.92. The summed E-state index contributed by atoms with van der Waals surface area (Å²) in [6, 6.07) is 6.03. The van der Waals surface area contributed by atoms with E-state index in [2.05, 4.69) is 15.5 Å². The molecule has 2 rings (SSSR count). The van der Waals surface area contributed by atoms with E-state index in [-0.39, 0.29) is 11.2 Å². The molecule has 1 N–H and O–H groups in total. The molecule has 0 saturated heterocycles. The third-order valence-corrected chi connectivity index (χ3v) is 4.32. The summed E-state index contributed by atoms with van der Waals surface area (Å²) in [7, 11) is 0. The molecule has 1 heterocycles. The van der Waals surface area contributed by atoms with Gasteiger partial charge < -0.3 is 9.88 Å². The van der Waals surface area contributed by atoms with Gasteiger partial charge in [0.2, 0.25) is 5.91 Å². The third kappa shape index (κ3) is 3.85. The summed E-state index contributed by atoms with van der Waals surface area (Å²) in [6.07, 6.45) is 1.68. The number of nitrogens with zero attached hydrogens (tertiary/aromatic N) is 3.